The number of hydrogen-bond acceptors (Lipinski definition) is 14. The van der Waals surface area contributed by atoms with Crippen LogP contribution in [0.2, 0.25) is 0 Å². The third kappa shape index (κ3) is 6.74. The third-order valence-electron chi connectivity index (χ3n) is 5.44. The van der Waals surface area contributed by atoms with E-state index in [0.29, 0.717) is 0 Å². The smallest absolute Gasteiger partial charge is 0.343 e. The summed E-state index contributed by atoms with van der Waals surface area (Å²) in [6.07, 6.45) is -2.33. The van der Waals surface area contributed by atoms with Crippen molar-refractivity contribution in [2.45, 2.75) is 64.3 Å². The largest absolute Gasteiger partial charge is 0.463 e. The van der Waals surface area contributed by atoms with E-state index in [1.165, 1.54) is 18.4 Å². The molecule has 0 bridgehead atoms. The van der Waals surface area contributed by atoms with Crippen molar-refractivity contribution in [2.24, 2.45) is 0 Å². The first kappa shape index (κ1) is 30.5. The van der Waals surface area contributed by atoms with Crippen molar-refractivity contribution in [2.75, 3.05) is 24.8 Å². The Labute approximate surface area is 231 Å². The van der Waals surface area contributed by atoms with E-state index in [2.05, 4.69) is 15.3 Å². The van der Waals surface area contributed by atoms with Gasteiger partial charge in [-0.25, -0.2) is 14.8 Å². The lowest BCUT2D eigenvalue weighted by molar-refractivity contribution is -0.166. The Balaban J connectivity index is 2.37. The molecular formula is C24H28N4O11S. The van der Waals surface area contributed by atoms with Gasteiger partial charge in [0.05, 0.1) is 6.61 Å². The van der Waals surface area contributed by atoms with E-state index in [0.717, 1.165) is 31.8 Å². The molecular weight excluding hydrogens is 552 g/mol. The quantitative estimate of drug-likeness (QED) is 0.191. The molecule has 1 amide bonds. The molecule has 3 heterocycles. The zero-order valence-electron chi connectivity index (χ0n) is 22.5. The third-order valence-corrected chi connectivity index (χ3v) is 5.99. The molecule has 2 aromatic heterocycles. The Morgan fingerprint density at radius 3 is 2.20 bits per heavy atom. The number of nitrogens with one attached hydrogen (secondary N) is 1. The van der Waals surface area contributed by atoms with Crippen LogP contribution in [0.25, 0.3) is 11.0 Å². The van der Waals surface area contributed by atoms with Gasteiger partial charge in [0.1, 0.15) is 23.7 Å². The van der Waals surface area contributed by atoms with Crippen LogP contribution in [-0.4, -0.2) is 82.1 Å². The minimum Gasteiger partial charge on any atom is -0.463 e. The Morgan fingerprint density at radius 1 is 1.00 bits per heavy atom. The van der Waals surface area contributed by atoms with Gasteiger partial charge in [0.15, 0.2) is 35.1 Å². The zero-order chi connectivity index (χ0) is 29.7. The topological polar surface area (TPSA) is 191 Å². The van der Waals surface area contributed by atoms with Crippen molar-refractivity contribution in [3.05, 3.63) is 22.0 Å². The Hall–Kier alpha value is -4.05. The molecule has 2 aromatic rings. The predicted octanol–water partition coefficient (Wildman–Crippen LogP) is 0.972. The fraction of sp³-hybridized carbons (Fsp3) is 0.500. The van der Waals surface area contributed by atoms with Gasteiger partial charge in [0, 0.05) is 33.9 Å². The van der Waals surface area contributed by atoms with Crippen LogP contribution in [0.5, 0.6) is 0 Å². The van der Waals surface area contributed by atoms with Crippen LogP contribution in [0, 0.1) is 0 Å². The first-order valence-corrected chi connectivity index (χ1v) is 13.2. The summed E-state index contributed by atoms with van der Waals surface area (Å²) in [5, 5.41) is 2.37. The number of anilines is 1. The standard InChI is InChI=1S/C24H28N4O11S/c1-7-35-23(34)14-8-28(21-16(17(14)33)20(25-10(2)29)26-24(27-21)40-6)22-19(38-13(5)32)18(37-12(4)31)15(39-22)9-36-11(3)30/h8,15,18-19,22H,7,9H2,1-6H3,(H,25,26,27,29). The van der Waals surface area contributed by atoms with E-state index in [9.17, 15) is 28.8 Å². The zero-order valence-corrected chi connectivity index (χ0v) is 23.4. The average Bonchev–Trinajstić information content (AvgIpc) is 3.17. The number of hydrogen-bond donors (Lipinski definition) is 1. The summed E-state index contributed by atoms with van der Waals surface area (Å²) in [5.41, 5.74) is -1.40. The van der Waals surface area contributed by atoms with Gasteiger partial charge in [-0.05, 0) is 13.2 Å². The molecule has 0 aromatic carbocycles. The summed E-state index contributed by atoms with van der Waals surface area (Å²) in [6, 6.07) is 0. The van der Waals surface area contributed by atoms with E-state index in [1.807, 2.05) is 0 Å². The van der Waals surface area contributed by atoms with Gasteiger partial charge < -0.3 is 33.6 Å². The van der Waals surface area contributed by atoms with E-state index in [4.69, 9.17) is 23.7 Å². The number of carbonyl (C=O) groups excluding carboxylic acids is 5. The highest BCUT2D eigenvalue weighted by molar-refractivity contribution is 7.98. The Bertz CT molecular complexity index is 1410. The highest BCUT2D eigenvalue weighted by atomic mass is 32.2. The maximum absolute atomic E-state index is 13.5. The van der Waals surface area contributed by atoms with Gasteiger partial charge in [-0.15, -0.1) is 0 Å². The highest BCUT2D eigenvalue weighted by Crippen LogP contribution is 2.36. The summed E-state index contributed by atoms with van der Waals surface area (Å²) in [4.78, 5) is 82.5. The number of amides is 1. The summed E-state index contributed by atoms with van der Waals surface area (Å²) >= 11 is 1.10. The number of rotatable bonds is 9. The summed E-state index contributed by atoms with van der Waals surface area (Å²) in [7, 11) is 0. The maximum atomic E-state index is 13.5. The van der Waals surface area contributed by atoms with Gasteiger partial charge in [-0.1, -0.05) is 11.8 Å². The Kier molecular flexibility index (Phi) is 9.81. The number of aromatic nitrogens is 3. The number of fused-ring (bicyclic) bond motifs is 1. The van der Waals surface area contributed by atoms with Crippen LogP contribution in [0.1, 0.15) is 51.2 Å². The first-order chi connectivity index (χ1) is 18.9. The number of thioether (sulfide) groups is 1. The monoisotopic (exact) mass is 580 g/mol. The second kappa shape index (κ2) is 12.9. The van der Waals surface area contributed by atoms with Gasteiger partial charge in [-0.2, -0.15) is 0 Å². The fourth-order valence-electron chi connectivity index (χ4n) is 4.03. The molecule has 0 spiro atoms. The lowest BCUT2D eigenvalue weighted by Crippen LogP contribution is -2.40. The summed E-state index contributed by atoms with van der Waals surface area (Å²) in [6.45, 7) is 5.75. The molecule has 0 aliphatic carbocycles. The molecule has 216 valence electrons. The number of nitrogens with zero attached hydrogens (tertiary/aromatic N) is 3. The van der Waals surface area contributed by atoms with Gasteiger partial charge in [0.2, 0.25) is 11.3 Å². The van der Waals surface area contributed by atoms with Crippen molar-refractivity contribution in [1.82, 2.24) is 14.5 Å². The minimum atomic E-state index is -1.36. The second-order valence-corrected chi connectivity index (χ2v) is 9.23. The molecule has 1 N–H and O–H groups in total. The molecule has 1 aliphatic rings. The maximum Gasteiger partial charge on any atom is 0.343 e. The van der Waals surface area contributed by atoms with Gasteiger partial charge >= 0.3 is 23.9 Å². The second-order valence-electron chi connectivity index (χ2n) is 8.45. The van der Waals surface area contributed by atoms with Gasteiger partial charge in [-0.3, -0.25) is 24.0 Å². The van der Waals surface area contributed by atoms with Crippen LogP contribution in [-0.2, 0) is 42.9 Å². The summed E-state index contributed by atoms with van der Waals surface area (Å²) in [5.74, 6) is -3.86. The SMILES string of the molecule is CCOC(=O)c1cn(C2OC(COC(C)=O)C(OC(C)=O)C2OC(C)=O)c2nc(SC)nc(NC(C)=O)c2c1=O. The molecule has 0 saturated carbocycles. The minimum absolute atomic E-state index is 0.0498. The van der Waals surface area contributed by atoms with Gasteiger partial charge in [0.25, 0.3) is 0 Å². The molecule has 40 heavy (non-hydrogen) atoms. The van der Waals surface area contributed by atoms with Crippen molar-refractivity contribution in [1.29, 1.82) is 0 Å². The molecule has 4 atom stereocenters. The number of esters is 4. The van der Waals surface area contributed by atoms with E-state index >= 15 is 0 Å². The molecule has 1 fully saturated rings. The molecule has 1 saturated heterocycles. The number of carbonyl (C=O) groups is 5. The number of ether oxygens (including phenoxy) is 5. The van der Waals surface area contributed by atoms with Crippen LogP contribution in [0.15, 0.2) is 16.1 Å². The van der Waals surface area contributed by atoms with E-state index in [-0.39, 0.29) is 35.2 Å². The molecule has 15 nitrogen and oxygen atoms in total. The first-order valence-electron chi connectivity index (χ1n) is 12.0. The normalized spacial score (nSPS) is 20.1. The van der Waals surface area contributed by atoms with Crippen molar-refractivity contribution in [3.8, 4) is 0 Å². The van der Waals surface area contributed by atoms with Crippen LogP contribution < -0.4 is 10.7 Å². The van der Waals surface area contributed by atoms with Crippen LogP contribution in [0.4, 0.5) is 5.82 Å². The lowest BCUT2D eigenvalue weighted by Gasteiger charge is -2.25. The average molecular weight is 581 g/mol. The van der Waals surface area contributed by atoms with E-state index < -0.39 is 65.3 Å². The van der Waals surface area contributed by atoms with Crippen LogP contribution >= 0.6 is 11.8 Å². The molecule has 3 rings (SSSR count). The fourth-order valence-corrected chi connectivity index (χ4v) is 4.39. The Morgan fingerprint density at radius 2 is 1.65 bits per heavy atom. The molecule has 1 aliphatic heterocycles. The van der Waals surface area contributed by atoms with Crippen LogP contribution in [0.3, 0.4) is 0 Å². The predicted molar refractivity (Wildman–Crippen MR) is 137 cm³/mol. The lowest BCUT2D eigenvalue weighted by atomic mass is 10.1. The van der Waals surface area contributed by atoms with Crippen molar-refractivity contribution >= 4 is 58.4 Å². The number of pyridine rings is 1. The highest BCUT2D eigenvalue weighted by Gasteiger charge is 2.51. The van der Waals surface area contributed by atoms with E-state index in [1.54, 1.807) is 13.2 Å². The molecule has 4 unspecified atom stereocenters. The summed E-state index contributed by atoms with van der Waals surface area (Å²) < 4.78 is 28.3. The van der Waals surface area contributed by atoms with Crippen molar-refractivity contribution < 1.29 is 47.7 Å². The molecule has 0 radical (unpaired) electrons. The van der Waals surface area contributed by atoms with Crippen molar-refractivity contribution in [3.63, 3.8) is 0 Å². The molecule has 16 heteroatoms.